The number of phenolic OH excluding ortho intramolecular Hbond substituents is 1. The van der Waals surface area contributed by atoms with E-state index in [2.05, 4.69) is 0 Å². The van der Waals surface area contributed by atoms with Crippen molar-refractivity contribution < 1.29 is 19.4 Å². The maximum Gasteiger partial charge on any atom is 0.312 e. The number of aliphatic carboxylic acids is 1. The number of carboxylic acid groups (broad SMARTS) is 1. The summed E-state index contributed by atoms with van der Waals surface area (Å²) in [5.74, 6) is -1.16. The van der Waals surface area contributed by atoms with E-state index in [0.29, 0.717) is 0 Å². The summed E-state index contributed by atoms with van der Waals surface area (Å²) in [5, 5.41) is 17.8. The topological polar surface area (TPSA) is 57.5 Å². The van der Waals surface area contributed by atoms with Crippen LogP contribution in [0, 0.1) is 5.41 Å². The van der Waals surface area contributed by atoms with Gasteiger partial charge >= 0.3 is 5.97 Å². The molecule has 15 heavy (non-hydrogen) atoms. The molecule has 0 radical (unpaired) electrons. The average Bonchev–Trinajstić information content (AvgIpc) is 2.17. The van der Waals surface area contributed by atoms with Crippen molar-refractivity contribution >= 4 is 5.97 Å². The Bertz CT molecular complexity index is 357. The van der Waals surface area contributed by atoms with E-state index in [1.54, 1.807) is 0 Å². The average molecular weight is 212 g/mol. The van der Waals surface area contributed by atoms with Crippen LogP contribution >= 0.6 is 0 Å². The first kappa shape index (κ1) is 11.5. The molecular formula is C11H13FO3. The first-order valence-electron chi connectivity index (χ1n) is 4.52. The normalized spacial score (nSPS) is 13.5. The van der Waals surface area contributed by atoms with Crippen molar-refractivity contribution in [1.82, 2.24) is 0 Å². The molecule has 0 heterocycles. The van der Waals surface area contributed by atoms with Gasteiger partial charge in [0.1, 0.15) is 11.9 Å². The highest BCUT2D eigenvalue weighted by Crippen LogP contribution is 2.37. The third kappa shape index (κ3) is 2.26. The molecule has 0 bridgehead atoms. The molecule has 0 aromatic heterocycles. The Kier molecular flexibility index (Phi) is 2.98. The van der Waals surface area contributed by atoms with Crippen LogP contribution in [0.3, 0.4) is 0 Å². The first-order chi connectivity index (χ1) is 6.85. The van der Waals surface area contributed by atoms with Gasteiger partial charge in [0.2, 0.25) is 0 Å². The quantitative estimate of drug-likeness (QED) is 0.809. The lowest BCUT2D eigenvalue weighted by molar-refractivity contribution is -0.150. The zero-order valence-corrected chi connectivity index (χ0v) is 8.57. The summed E-state index contributed by atoms with van der Waals surface area (Å²) < 4.78 is 13.8. The third-order valence-electron chi connectivity index (χ3n) is 2.37. The fourth-order valence-corrected chi connectivity index (χ4v) is 1.17. The van der Waals surface area contributed by atoms with E-state index in [4.69, 9.17) is 10.2 Å². The van der Waals surface area contributed by atoms with E-state index in [-0.39, 0.29) is 11.3 Å². The Morgan fingerprint density at radius 1 is 1.33 bits per heavy atom. The van der Waals surface area contributed by atoms with Gasteiger partial charge in [-0.05, 0) is 31.5 Å². The van der Waals surface area contributed by atoms with Crippen molar-refractivity contribution in [2.45, 2.75) is 20.0 Å². The standard InChI is InChI=1S/C11H13FO3/c1-11(2,10(14)15)9(12)7-3-5-8(13)6-4-7/h3-6,9,13H,1-2H3,(H,14,15). The van der Waals surface area contributed by atoms with Crippen molar-refractivity contribution in [2.24, 2.45) is 5.41 Å². The number of hydrogen-bond acceptors (Lipinski definition) is 2. The Hall–Kier alpha value is -1.58. The largest absolute Gasteiger partial charge is 0.508 e. The molecule has 0 aliphatic carbocycles. The zero-order valence-electron chi connectivity index (χ0n) is 8.57. The fourth-order valence-electron chi connectivity index (χ4n) is 1.17. The van der Waals surface area contributed by atoms with Gasteiger partial charge in [0.05, 0.1) is 5.41 Å². The predicted molar refractivity (Wildman–Crippen MR) is 53.4 cm³/mol. The van der Waals surface area contributed by atoms with Gasteiger partial charge in [-0.2, -0.15) is 0 Å². The van der Waals surface area contributed by atoms with E-state index in [1.807, 2.05) is 0 Å². The highest BCUT2D eigenvalue weighted by Gasteiger charge is 2.38. The van der Waals surface area contributed by atoms with Crippen LogP contribution in [0.4, 0.5) is 4.39 Å². The molecule has 0 spiro atoms. The van der Waals surface area contributed by atoms with Crippen LogP contribution < -0.4 is 0 Å². The second kappa shape index (κ2) is 3.88. The molecular weight excluding hydrogens is 199 g/mol. The van der Waals surface area contributed by atoms with Crippen molar-refractivity contribution in [2.75, 3.05) is 0 Å². The maximum atomic E-state index is 13.8. The van der Waals surface area contributed by atoms with Gasteiger partial charge in [-0.1, -0.05) is 12.1 Å². The Morgan fingerprint density at radius 2 is 1.80 bits per heavy atom. The lowest BCUT2D eigenvalue weighted by atomic mass is 9.84. The second-order valence-electron chi connectivity index (χ2n) is 3.98. The molecule has 0 aliphatic heterocycles. The summed E-state index contributed by atoms with van der Waals surface area (Å²) in [7, 11) is 0. The van der Waals surface area contributed by atoms with Gasteiger partial charge in [0.15, 0.2) is 0 Å². The van der Waals surface area contributed by atoms with Crippen LogP contribution in [-0.4, -0.2) is 16.2 Å². The highest BCUT2D eigenvalue weighted by molar-refractivity contribution is 5.74. The van der Waals surface area contributed by atoms with Gasteiger partial charge in [-0.3, -0.25) is 4.79 Å². The fraction of sp³-hybridized carbons (Fsp3) is 0.364. The van der Waals surface area contributed by atoms with Gasteiger partial charge in [0, 0.05) is 0 Å². The van der Waals surface area contributed by atoms with Gasteiger partial charge in [0.25, 0.3) is 0 Å². The second-order valence-corrected chi connectivity index (χ2v) is 3.98. The minimum Gasteiger partial charge on any atom is -0.508 e. The Balaban J connectivity index is 2.99. The molecule has 4 heteroatoms. The van der Waals surface area contributed by atoms with Crippen molar-refractivity contribution in [3.63, 3.8) is 0 Å². The molecule has 1 unspecified atom stereocenters. The van der Waals surface area contributed by atoms with Crippen LogP contribution in [0.1, 0.15) is 25.6 Å². The molecule has 0 aliphatic rings. The minimum absolute atomic E-state index is 0.0269. The number of carboxylic acids is 1. The Morgan fingerprint density at radius 3 is 2.20 bits per heavy atom. The van der Waals surface area contributed by atoms with Crippen LogP contribution in [0.25, 0.3) is 0 Å². The molecule has 2 N–H and O–H groups in total. The Labute approximate surface area is 87.2 Å². The first-order valence-corrected chi connectivity index (χ1v) is 4.52. The number of hydrogen-bond donors (Lipinski definition) is 2. The van der Waals surface area contributed by atoms with Crippen LogP contribution in [0.5, 0.6) is 5.75 Å². The number of aromatic hydroxyl groups is 1. The van der Waals surface area contributed by atoms with E-state index in [0.717, 1.165) is 0 Å². The molecule has 3 nitrogen and oxygen atoms in total. The van der Waals surface area contributed by atoms with Gasteiger partial charge in [-0.25, -0.2) is 4.39 Å². The zero-order chi connectivity index (χ0) is 11.6. The molecule has 0 saturated carbocycles. The number of phenols is 1. The number of alkyl halides is 1. The molecule has 1 rings (SSSR count). The van der Waals surface area contributed by atoms with Crippen molar-refractivity contribution in [3.8, 4) is 5.75 Å². The monoisotopic (exact) mass is 212 g/mol. The summed E-state index contributed by atoms with van der Waals surface area (Å²) in [5.41, 5.74) is -1.23. The van der Waals surface area contributed by atoms with E-state index >= 15 is 0 Å². The third-order valence-corrected chi connectivity index (χ3v) is 2.37. The van der Waals surface area contributed by atoms with Crippen LogP contribution in [-0.2, 0) is 4.79 Å². The van der Waals surface area contributed by atoms with Crippen molar-refractivity contribution in [1.29, 1.82) is 0 Å². The van der Waals surface area contributed by atoms with Crippen LogP contribution in [0.15, 0.2) is 24.3 Å². The predicted octanol–water partition coefficient (Wildman–Crippen LogP) is 2.51. The van der Waals surface area contributed by atoms with E-state index in [9.17, 15) is 9.18 Å². The summed E-state index contributed by atoms with van der Waals surface area (Å²) in [6.45, 7) is 2.65. The summed E-state index contributed by atoms with van der Waals surface area (Å²) >= 11 is 0. The molecule has 1 aromatic rings. The highest BCUT2D eigenvalue weighted by atomic mass is 19.1. The summed E-state index contributed by atoms with van der Waals surface area (Å²) in [6.07, 6.45) is -1.60. The minimum atomic E-state index is -1.60. The smallest absolute Gasteiger partial charge is 0.312 e. The lowest BCUT2D eigenvalue weighted by Crippen LogP contribution is -2.28. The number of benzene rings is 1. The van der Waals surface area contributed by atoms with E-state index in [1.165, 1.54) is 38.1 Å². The molecule has 0 amide bonds. The molecule has 82 valence electrons. The van der Waals surface area contributed by atoms with Crippen molar-refractivity contribution in [3.05, 3.63) is 29.8 Å². The summed E-state index contributed by atoms with van der Waals surface area (Å²) in [6, 6.07) is 5.43. The van der Waals surface area contributed by atoms with Gasteiger partial charge in [-0.15, -0.1) is 0 Å². The summed E-state index contributed by atoms with van der Waals surface area (Å²) in [4.78, 5) is 10.8. The number of halogens is 1. The molecule has 0 fully saturated rings. The number of carbonyl (C=O) groups is 1. The molecule has 0 saturated heterocycles. The SMILES string of the molecule is CC(C)(C(=O)O)C(F)c1ccc(O)cc1. The van der Waals surface area contributed by atoms with Crippen LogP contribution in [0.2, 0.25) is 0 Å². The lowest BCUT2D eigenvalue weighted by Gasteiger charge is -2.24. The number of rotatable bonds is 3. The van der Waals surface area contributed by atoms with E-state index < -0.39 is 17.6 Å². The maximum absolute atomic E-state index is 13.8. The molecule has 1 atom stereocenters. The molecule has 1 aromatic carbocycles. The van der Waals surface area contributed by atoms with Gasteiger partial charge < -0.3 is 10.2 Å².